The topological polar surface area (TPSA) is 103 Å². The molecule has 1 aliphatic rings. The van der Waals surface area contributed by atoms with Crippen molar-refractivity contribution in [1.29, 1.82) is 5.41 Å². The third-order valence-corrected chi connectivity index (χ3v) is 6.35. The number of anilines is 1. The number of nitrogens with zero attached hydrogens (tertiary/aromatic N) is 2. The monoisotopic (exact) mass is 497 g/mol. The Morgan fingerprint density at radius 2 is 1.89 bits per heavy atom. The van der Waals surface area contributed by atoms with Crippen LogP contribution < -0.4 is 19.5 Å². The van der Waals surface area contributed by atoms with Crippen molar-refractivity contribution in [3.05, 3.63) is 47.4 Å². The Morgan fingerprint density at radius 1 is 1.14 bits per heavy atom. The van der Waals surface area contributed by atoms with Gasteiger partial charge in [0.25, 0.3) is 0 Å². The molecule has 1 saturated heterocycles. The molecule has 192 valence electrons. The average molecular weight is 498 g/mol. The van der Waals surface area contributed by atoms with Crippen molar-refractivity contribution in [1.82, 2.24) is 14.8 Å². The highest BCUT2D eigenvalue weighted by molar-refractivity contribution is 6.00. The minimum Gasteiger partial charge on any atom is -0.493 e. The third kappa shape index (κ3) is 5.38. The number of methoxy groups -OCH3 is 1. The lowest BCUT2D eigenvalue weighted by Crippen LogP contribution is -2.48. The number of aromatic nitrogens is 1. The molecular weight excluding hydrogens is 465 g/mol. The highest BCUT2D eigenvalue weighted by Gasteiger charge is 2.20. The maximum Gasteiger partial charge on any atom is 0.221 e. The van der Waals surface area contributed by atoms with E-state index in [-0.39, 0.29) is 17.6 Å². The molecule has 0 atom stereocenters. The predicted molar refractivity (Wildman–Crippen MR) is 137 cm³/mol. The molecule has 10 heteroatoms. The molecule has 2 heterocycles. The number of ether oxygens (including phenoxy) is 3. The summed E-state index contributed by atoms with van der Waals surface area (Å²) in [4.78, 5) is 18.7. The first-order valence-corrected chi connectivity index (χ1v) is 11.9. The van der Waals surface area contributed by atoms with Crippen molar-refractivity contribution in [3.63, 3.8) is 0 Å². The van der Waals surface area contributed by atoms with E-state index in [9.17, 15) is 9.18 Å². The molecule has 3 aromatic rings. The minimum atomic E-state index is -0.524. The summed E-state index contributed by atoms with van der Waals surface area (Å²) < 4.78 is 32.1. The van der Waals surface area contributed by atoms with E-state index in [4.69, 9.17) is 19.6 Å². The number of fused-ring (bicyclic) bond motifs is 1. The van der Waals surface area contributed by atoms with Crippen LogP contribution in [0, 0.1) is 18.2 Å². The molecule has 3 N–H and O–H groups in total. The average Bonchev–Trinajstić information content (AvgIpc) is 3.26. The van der Waals surface area contributed by atoms with Gasteiger partial charge in [0, 0.05) is 69.4 Å². The highest BCUT2D eigenvalue weighted by Crippen LogP contribution is 2.35. The summed E-state index contributed by atoms with van der Waals surface area (Å²) in [6.07, 6.45) is 0. The Hall–Kier alpha value is -3.79. The molecule has 1 amide bonds. The molecule has 36 heavy (non-hydrogen) atoms. The van der Waals surface area contributed by atoms with E-state index in [2.05, 4.69) is 15.2 Å². The molecular formula is C26H32FN5O4. The van der Waals surface area contributed by atoms with Gasteiger partial charge in [-0.15, -0.1) is 0 Å². The van der Waals surface area contributed by atoms with Crippen LogP contribution >= 0.6 is 0 Å². The SMILES string of the molecule is CNc1cc(OCCN2CCN(C(C)=O)CC2)c(OC)cc1C(=N)Oc1ccc2[nH]c(C)cc2c1F. The normalized spacial score (nSPS) is 14.1. The van der Waals surface area contributed by atoms with Gasteiger partial charge in [-0.3, -0.25) is 15.1 Å². The van der Waals surface area contributed by atoms with Crippen LogP contribution in [0.25, 0.3) is 10.9 Å². The van der Waals surface area contributed by atoms with Gasteiger partial charge < -0.3 is 29.4 Å². The number of halogens is 1. The van der Waals surface area contributed by atoms with Crippen LogP contribution in [0.4, 0.5) is 10.1 Å². The fraction of sp³-hybridized carbons (Fsp3) is 0.385. The van der Waals surface area contributed by atoms with E-state index in [0.29, 0.717) is 46.8 Å². The van der Waals surface area contributed by atoms with Gasteiger partial charge in [0.15, 0.2) is 23.1 Å². The molecule has 1 aromatic heterocycles. The number of aromatic amines is 1. The number of benzene rings is 2. The summed E-state index contributed by atoms with van der Waals surface area (Å²) in [5.41, 5.74) is 2.51. The first-order chi connectivity index (χ1) is 17.3. The first-order valence-electron chi connectivity index (χ1n) is 11.9. The van der Waals surface area contributed by atoms with Crippen molar-refractivity contribution in [3.8, 4) is 17.2 Å². The van der Waals surface area contributed by atoms with Crippen LogP contribution in [0.3, 0.4) is 0 Å². The Labute approximate surface area is 209 Å². The van der Waals surface area contributed by atoms with Gasteiger partial charge in [0.05, 0.1) is 18.4 Å². The molecule has 0 bridgehead atoms. The molecule has 1 fully saturated rings. The van der Waals surface area contributed by atoms with E-state index < -0.39 is 5.82 Å². The Balaban J connectivity index is 1.45. The zero-order valence-corrected chi connectivity index (χ0v) is 21.0. The third-order valence-electron chi connectivity index (χ3n) is 6.35. The summed E-state index contributed by atoms with van der Waals surface area (Å²) >= 11 is 0. The molecule has 0 spiro atoms. The van der Waals surface area contributed by atoms with E-state index in [1.807, 2.05) is 11.8 Å². The van der Waals surface area contributed by atoms with Crippen LogP contribution in [-0.2, 0) is 4.79 Å². The van der Waals surface area contributed by atoms with E-state index in [0.717, 1.165) is 31.9 Å². The summed E-state index contributed by atoms with van der Waals surface area (Å²) in [6, 6.07) is 8.33. The van der Waals surface area contributed by atoms with E-state index in [1.165, 1.54) is 13.2 Å². The second-order valence-electron chi connectivity index (χ2n) is 8.72. The Bertz CT molecular complexity index is 1270. The van der Waals surface area contributed by atoms with Crippen molar-refractivity contribution in [2.75, 3.05) is 58.8 Å². The Morgan fingerprint density at radius 3 is 2.56 bits per heavy atom. The standard InChI is InChI=1S/C26H32FN5O4/c1-16-13-18-20(30-16)5-6-22(25(18)27)36-26(28)19-14-23(34-4)24(15-21(19)29-3)35-12-11-31-7-9-32(10-8-31)17(2)33/h5-6,13-15,28-30H,7-12H2,1-4H3. The second kappa shape index (κ2) is 10.9. The smallest absolute Gasteiger partial charge is 0.221 e. The van der Waals surface area contributed by atoms with Crippen molar-refractivity contribution < 1.29 is 23.4 Å². The fourth-order valence-electron chi connectivity index (χ4n) is 4.33. The zero-order chi connectivity index (χ0) is 25.8. The summed E-state index contributed by atoms with van der Waals surface area (Å²) in [5, 5.41) is 12.0. The molecule has 0 unspecified atom stereocenters. The van der Waals surface area contributed by atoms with Gasteiger partial charge in [-0.05, 0) is 31.2 Å². The van der Waals surface area contributed by atoms with Crippen LogP contribution in [0.15, 0.2) is 30.3 Å². The number of hydrogen-bond donors (Lipinski definition) is 3. The number of H-pyrrole nitrogens is 1. The lowest BCUT2D eigenvalue weighted by molar-refractivity contribution is -0.130. The number of carbonyl (C=O) groups excluding carboxylic acids is 1. The molecule has 1 aliphatic heterocycles. The maximum absolute atomic E-state index is 15.0. The summed E-state index contributed by atoms with van der Waals surface area (Å²) in [7, 11) is 3.25. The first kappa shape index (κ1) is 25.3. The number of hydrogen-bond acceptors (Lipinski definition) is 7. The lowest BCUT2D eigenvalue weighted by Gasteiger charge is -2.34. The number of aryl methyl sites for hydroxylation is 1. The minimum absolute atomic E-state index is 0.0299. The highest BCUT2D eigenvalue weighted by atomic mass is 19.1. The molecule has 9 nitrogen and oxygen atoms in total. The van der Waals surface area contributed by atoms with Crippen molar-refractivity contribution in [2.45, 2.75) is 13.8 Å². The number of nitrogens with one attached hydrogen (secondary N) is 3. The maximum atomic E-state index is 15.0. The number of carbonyl (C=O) groups is 1. The largest absolute Gasteiger partial charge is 0.493 e. The lowest BCUT2D eigenvalue weighted by atomic mass is 10.1. The molecule has 0 aliphatic carbocycles. The van der Waals surface area contributed by atoms with Crippen molar-refractivity contribution >= 4 is 28.4 Å². The fourth-order valence-corrected chi connectivity index (χ4v) is 4.33. The number of amides is 1. The van der Waals surface area contributed by atoms with E-state index in [1.54, 1.807) is 38.2 Å². The number of piperazine rings is 1. The van der Waals surface area contributed by atoms with E-state index >= 15 is 0 Å². The number of rotatable bonds is 8. The Kier molecular flexibility index (Phi) is 7.64. The van der Waals surface area contributed by atoms with Crippen molar-refractivity contribution in [2.24, 2.45) is 0 Å². The van der Waals surface area contributed by atoms with Crippen LogP contribution in [0.5, 0.6) is 17.2 Å². The zero-order valence-electron chi connectivity index (χ0n) is 21.0. The second-order valence-corrected chi connectivity index (χ2v) is 8.72. The van der Waals surface area contributed by atoms with Gasteiger partial charge in [0.2, 0.25) is 11.8 Å². The van der Waals surface area contributed by atoms with Gasteiger partial charge in [-0.2, -0.15) is 0 Å². The quantitative estimate of drug-likeness (QED) is 0.325. The summed E-state index contributed by atoms with van der Waals surface area (Å²) in [5.74, 6) is 0.291. The molecule has 4 rings (SSSR count). The van der Waals surface area contributed by atoms with Crippen LogP contribution in [-0.4, -0.2) is 80.1 Å². The molecule has 2 aromatic carbocycles. The van der Waals surface area contributed by atoms with Gasteiger partial charge in [-0.1, -0.05) is 0 Å². The summed E-state index contributed by atoms with van der Waals surface area (Å²) in [6.45, 7) is 7.65. The van der Waals surface area contributed by atoms with Crippen LogP contribution in [0.2, 0.25) is 0 Å². The molecule has 0 radical (unpaired) electrons. The van der Waals surface area contributed by atoms with Gasteiger partial charge in [-0.25, -0.2) is 4.39 Å². The van der Waals surface area contributed by atoms with Crippen LogP contribution in [0.1, 0.15) is 18.2 Å². The predicted octanol–water partition coefficient (Wildman–Crippen LogP) is 3.61. The molecule has 0 saturated carbocycles. The van der Waals surface area contributed by atoms with Gasteiger partial charge in [0.1, 0.15) is 6.61 Å². The van der Waals surface area contributed by atoms with Gasteiger partial charge >= 0.3 is 0 Å².